The maximum Gasteiger partial charge on any atom is 0.171 e. The summed E-state index contributed by atoms with van der Waals surface area (Å²) in [5, 5.41) is 9.96. The molecule has 228 valence electrons. The predicted molar refractivity (Wildman–Crippen MR) is 184 cm³/mol. The summed E-state index contributed by atoms with van der Waals surface area (Å²) in [4.78, 5) is 0. The van der Waals surface area contributed by atoms with Gasteiger partial charge in [0.05, 0.1) is 17.8 Å². The summed E-state index contributed by atoms with van der Waals surface area (Å²) in [6, 6.07) is 15.9. The van der Waals surface area contributed by atoms with E-state index in [2.05, 4.69) is 123 Å². The maximum atomic E-state index is 9.96. The first-order valence-electron chi connectivity index (χ1n) is 15.4. The molecular formula is C36H58O3Si2. The van der Waals surface area contributed by atoms with Gasteiger partial charge in [0.15, 0.2) is 18.1 Å². The number of hydrogen-bond acceptors (Lipinski definition) is 3. The molecule has 0 bridgehead atoms. The highest BCUT2D eigenvalue weighted by Crippen LogP contribution is 2.45. The second kappa shape index (κ2) is 14.6. The smallest absolute Gasteiger partial charge is 0.171 e. The van der Waals surface area contributed by atoms with E-state index in [1.54, 1.807) is 13.8 Å². The van der Waals surface area contributed by atoms with Crippen molar-refractivity contribution in [3.8, 4) is 0 Å². The van der Waals surface area contributed by atoms with Gasteiger partial charge in [0.1, 0.15) is 0 Å². The van der Waals surface area contributed by atoms with Crippen molar-refractivity contribution < 1.29 is 14.0 Å². The van der Waals surface area contributed by atoms with Crippen LogP contribution in [0.3, 0.4) is 0 Å². The van der Waals surface area contributed by atoms with Crippen LogP contribution in [0, 0.1) is 10.8 Å². The fourth-order valence-electron chi connectivity index (χ4n) is 5.06. The van der Waals surface area contributed by atoms with E-state index >= 15 is 0 Å². The number of rotatable bonds is 12. The molecule has 3 nitrogen and oxygen atoms in total. The first-order valence-corrected chi connectivity index (χ1v) is 21.0. The monoisotopic (exact) mass is 594 g/mol. The van der Waals surface area contributed by atoms with Crippen LogP contribution in [0.5, 0.6) is 0 Å². The minimum atomic E-state index is -1.29. The largest absolute Gasteiger partial charge is 0.413 e. The van der Waals surface area contributed by atoms with Crippen LogP contribution in [-0.4, -0.2) is 28.8 Å². The van der Waals surface area contributed by atoms with Crippen LogP contribution >= 0.6 is 0 Å². The first-order chi connectivity index (χ1) is 18.8. The van der Waals surface area contributed by atoms with Gasteiger partial charge in [-0.15, -0.1) is 0 Å². The highest BCUT2D eigenvalue weighted by atomic mass is 28.3. The highest BCUT2D eigenvalue weighted by molar-refractivity contribution is 6.48. The molecule has 0 saturated heterocycles. The summed E-state index contributed by atoms with van der Waals surface area (Å²) in [7, 11) is -2.56. The van der Waals surface area contributed by atoms with Gasteiger partial charge >= 0.3 is 0 Å². The predicted octanol–water partition coefficient (Wildman–Crippen LogP) is 9.38. The van der Waals surface area contributed by atoms with Crippen molar-refractivity contribution in [3.05, 3.63) is 88.5 Å². The summed E-state index contributed by atoms with van der Waals surface area (Å²) in [5.41, 5.74) is 6.81. The molecule has 0 aromatic heterocycles. The third kappa shape index (κ3) is 11.8. The Morgan fingerprint density at radius 2 is 1.27 bits per heavy atom. The first kappa shape index (κ1) is 35.4. The molecule has 0 fully saturated rings. The Bertz CT molecular complexity index is 1170. The normalized spacial score (nSPS) is 15.3. The molecule has 0 aliphatic carbocycles. The van der Waals surface area contributed by atoms with Crippen LogP contribution in [0.25, 0.3) is 5.57 Å². The standard InChI is InChI=1S/C36H58O3Si2/c1-26(16-15-23-36(8,9)37)29-18-14-17-27(24-29)19-20-28-21-22-30(32(34(2,3)4)38-40(10)11)31(25-28)33(35(5,6)7)39-41(12)13/h14-18,21-25,32-33,37,40-41H,19-20H2,1-13H3/b23-15+,26-16+. The molecule has 2 rings (SSSR count). The van der Waals surface area contributed by atoms with Crippen molar-refractivity contribution >= 4 is 23.7 Å². The average molecular weight is 595 g/mol. The number of aryl methyl sites for hydroxylation is 2. The molecule has 2 unspecified atom stereocenters. The molecule has 0 spiro atoms. The lowest BCUT2D eigenvalue weighted by molar-refractivity contribution is 0.0655. The molecule has 0 aliphatic rings. The van der Waals surface area contributed by atoms with Gasteiger partial charge in [0.25, 0.3) is 0 Å². The van der Waals surface area contributed by atoms with E-state index in [9.17, 15) is 5.11 Å². The summed E-state index contributed by atoms with van der Waals surface area (Å²) in [5.74, 6) is 0. The van der Waals surface area contributed by atoms with Crippen molar-refractivity contribution in [2.45, 2.75) is 119 Å². The fraction of sp³-hybridized carbons (Fsp3) is 0.556. The Morgan fingerprint density at radius 3 is 1.76 bits per heavy atom. The average Bonchev–Trinajstić information content (AvgIpc) is 2.82. The lowest BCUT2D eigenvalue weighted by Crippen LogP contribution is -2.31. The van der Waals surface area contributed by atoms with Crippen molar-refractivity contribution in [2.75, 3.05) is 0 Å². The fourth-order valence-corrected chi connectivity index (χ4v) is 7.26. The van der Waals surface area contributed by atoms with Gasteiger partial charge in [-0.1, -0.05) is 102 Å². The molecule has 0 radical (unpaired) electrons. The molecule has 0 saturated carbocycles. The zero-order valence-corrected chi connectivity index (χ0v) is 30.6. The van der Waals surface area contributed by atoms with Crippen LogP contribution in [0.15, 0.2) is 60.7 Å². The van der Waals surface area contributed by atoms with Crippen LogP contribution in [0.1, 0.15) is 102 Å². The number of benzene rings is 2. The summed E-state index contributed by atoms with van der Waals surface area (Å²) in [6.45, 7) is 28.5. The molecule has 0 amide bonds. The van der Waals surface area contributed by atoms with Crippen molar-refractivity contribution in [2.24, 2.45) is 10.8 Å². The Morgan fingerprint density at radius 1 is 0.756 bits per heavy atom. The van der Waals surface area contributed by atoms with Gasteiger partial charge in [0, 0.05) is 0 Å². The van der Waals surface area contributed by atoms with Crippen LogP contribution in [0.2, 0.25) is 26.2 Å². The molecule has 0 heterocycles. The summed E-state index contributed by atoms with van der Waals surface area (Å²) in [6.07, 6.45) is 7.83. The number of hydrogen-bond donors (Lipinski definition) is 1. The Labute approximate surface area is 255 Å². The van der Waals surface area contributed by atoms with E-state index in [1.807, 2.05) is 12.2 Å². The molecular weight excluding hydrogens is 537 g/mol. The van der Waals surface area contributed by atoms with Gasteiger partial charge in [-0.25, -0.2) is 0 Å². The van der Waals surface area contributed by atoms with Crippen molar-refractivity contribution in [1.29, 1.82) is 0 Å². The zero-order chi connectivity index (χ0) is 31.2. The second-order valence-electron chi connectivity index (χ2n) is 14.9. The third-order valence-electron chi connectivity index (χ3n) is 7.04. The van der Waals surface area contributed by atoms with Crippen LogP contribution in [0.4, 0.5) is 0 Å². The van der Waals surface area contributed by atoms with Gasteiger partial charge in [-0.2, -0.15) is 0 Å². The minimum absolute atomic E-state index is 0.0147. The molecule has 41 heavy (non-hydrogen) atoms. The zero-order valence-electron chi connectivity index (χ0n) is 28.3. The van der Waals surface area contributed by atoms with Gasteiger partial charge in [0.2, 0.25) is 0 Å². The Kier molecular flexibility index (Phi) is 12.6. The van der Waals surface area contributed by atoms with Crippen LogP contribution < -0.4 is 0 Å². The van der Waals surface area contributed by atoms with Crippen molar-refractivity contribution in [3.63, 3.8) is 0 Å². The lowest BCUT2D eigenvalue weighted by atomic mass is 9.77. The molecule has 2 aromatic carbocycles. The lowest BCUT2D eigenvalue weighted by Gasteiger charge is -2.39. The third-order valence-corrected chi connectivity index (χ3v) is 8.67. The van der Waals surface area contributed by atoms with Gasteiger partial charge in [-0.05, 0) is 104 Å². The molecule has 0 aliphatic heterocycles. The summed E-state index contributed by atoms with van der Waals surface area (Å²) >= 11 is 0. The topological polar surface area (TPSA) is 38.7 Å². The molecule has 1 N–H and O–H groups in total. The Balaban J connectivity index is 2.47. The van der Waals surface area contributed by atoms with E-state index in [0.717, 1.165) is 12.8 Å². The van der Waals surface area contributed by atoms with E-state index in [0.29, 0.717) is 0 Å². The van der Waals surface area contributed by atoms with Crippen molar-refractivity contribution in [1.82, 2.24) is 0 Å². The summed E-state index contributed by atoms with van der Waals surface area (Å²) < 4.78 is 13.5. The quantitative estimate of drug-likeness (QED) is 0.196. The number of allylic oxidation sites excluding steroid dienone is 3. The maximum absolute atomic E-state index is 9.96. The molecule has 2 aromatic rings. The minimum Gasteiger partial charge on any atom is -0.413 e. The number of aliphatic hydroxyl groups is 1. The Hall–Kier alpha value is -1.77. The van der Waals surface area contributed by atoms with Crippen LogP contribution in [-0.2, 0) is 21.7 Å². The van der Waals surface area contributed by atoms with E-state index in [-0.39, 0.29) is 23.0 Å². The van der Waals surface area contributed by atoms with Gasteiger partial charge in [-0.3, -0.25) is 0 Å². The van der Waals surface area contributed by atoms with Gasteiger partial charge < -0.3 is 14.0 Å². The molecule has 2 atom stereocenters. The van der Waals surface area contributed by atoms with E-state index in [4.69, 9.17) is 8.85 Å². The highest BCUT2D eigenvalue weighted by Gasteiger charge is 2.35. The van der Waals surface area contributed by atoms with E-state index < -0.39 is 23.7 Å². The molecule has 5 heteroatoms. The second-order valence-corrected chi connectivity index (χ2v) is 19.6. The van der Waals surface area contributed by atoms with E-state index in [1.165, 1.54) is 33.4 Å². The SMILES string of the molecule is C/C(=C\C=C\C(C)(C)O)c1cccc(CCc2ccc(C(O[SiH](C)C)C(C)(C)C)c(C(O[SiH](C)C)C(C)(C)C)c2)c1.